The van der Waals surface area contributed by atoms with Crippen molar-refractivity contribution in [3.8, 4) is 11.5 Å². The summed E-state index contributed by atoms with van der Waals surface area (Å²) in [5, 5.41) is 13.4. The highest BCUT2D eigenvalue weighted by Crippen LogP contribution is 2.24. The quantitative estimate of drug-likeness (QED) is 0.550. The van der Waals surface area contributed by atoms with Gasteiger partial charge in [0.25, 0.3) is 0 Å². The van der Waals surface area contributed by atoms with Crippen molar-refractivity contribution in [2.45, 2.75) is 51.4 Å². The molecule has 1 atom stereocenters. The third kappa shape index (κ3) is 5.75. The third-order valence-corrected chi connectivity index (χ3v) is 5.30. The van der Waals surface area contributed by atoms with E-state index in [0.717, 1.165) is 69.2 Å². The van der Waals surface area contributed by atoms with E-state index < -0.39 is 0 Å². The number of phenols is 1. The van der Waals surface area contributed by atoms with Gasteiger partial charge in [0, 0.05) is 31.8 Å². The Labute approximate surface area is 167 Å². The number of piperidine rings is 1. The van der Waals surface area contributed by atoms with Gasteiger partial charge in [0.05, 0.1) is 32.5 Å². The van der Waals surface area contributed by atoms with Crippen LogP contribution < -0.4 is 10.1 Å². The molecule has 2 saturated heterocycles. The topological polar surface area (TPSA) is 75.6 Å². The van der Waals surface area contributed by atoms with Gasteiger partial charge in [0.1, 0.15) is 11.5 Å². The molecule has 1 aromatic rings. The highest BCUT2D eigenvalue weighted by molar-refractivity contribution is 5.80. The van der Waals surface area contributed by atoms with Crippen LogP contribution >= 0.6 is 0 Å². The van der Waals surface area contributed by atoms with E-state index in [4.69, 9.17) is 19.2 Å². The molecular formula is C21H33N3O4. The number of benzene rings is 1. The number of hydrogen-bond acceptors (Lipinski definition) is 5. The lowest BCUT2D eigenvalue weighted by Gasteiger charge is -2.34. The number of aliphatic imine (C=N–C) groups is 1. The van der Waals surface area contributed by atoms with Gasteiger partial charge in [-0.15, -0.1) is 0 Å². The van der Waals surface area contributed by atoms with Crippen molar-refractivity contribution in [3.63, 3.8) is 0 Å². The second-order valence-electron chi connectivity index (χ2n) is 7.32. The van der Waals surface area contributed by atoms with E-state index in [-0.39, 0.29) is 11.9 Å². The molecule has 2 fully saturated rings. The van der Waals surface area contributed by atoms with Crippen molar-refractivity contribution in [2.24, 2.45) is 4.99 Å². The van der Waals surface area contributed by atoms with Crippen LogP contribution in [-0.4, -0.2) is 68.1 Å². The maximum absolute atomic E-state index is 10.1. The predicted octanol–water partition coefficient (Wildman–Crippen LogP) is 2.53. The van der Waals surface area contributed by atoms with E-state index in [1.165, 1.54) is 0 Å². The van der Waals surface area contributed by atoms with Crippen LogP contribution in [-0.2, 0) is 16.0 Å². The molecule has 156 valence electrons. The number of nitrogens with one attached hydrogen (secondary N) is 1. The zero-order valence-corrected chi connectivity index (χ0v) is 17.0. The molecule has 0 aliphatic carbocycles. The summed E-state index contributed by atoms with van der Waals surface area (Å²) >= 11 is 0. The van der Waals surface area contributed by atoms with Crippen LogP contribution in [0.15, 0.2) is 23.2 Å². The highest BCUT2D eigenvalue weighted by atomic mass is 16.5. The van der Waals surface area contributed by atoms with E-state index in [0.29, 0.717) is 19.3 Å². The number of likely N-dealkylation sites (tertiary alicyclic amines) is 1. The number of rotatable bonds is 7. The molecule has 2 N–H and O–H groups in total. The van der Waals surface area contributed by atoms with Gasteiger partial charge in [0.2, 0.25) is 0 Å². The van der Waals surface area contributed by atoms with Crippen LogP contribution in [0.1, 0.15) is 38.2 Å². The second kappa shape index (κ2) is 10.5. The van der Waals surface area contributed by atoms with Crippen LogP contribution in [0.3, 0.4) is 0 Å². The van der Waals surface area contributed by atoms with Gasteiger partial charge >= 0.3 is 0 Å². The lowest BCUT2D eigenvalue weighted by molar-refractivity contribution is -0.0367. The number of phenolic OH excluding ortho intramolecular Hbond substituents is 1. The molecule has 1 unspecified atom stereocenters. The van der Waals surface area contributed by atoms with E-state index in [1.54, 1.807) is 19.2 Å². The molecule has 0 bridgehead atoms. The fourth-order valence-corrected chi connectivity index (χ4v) is 3.65. The van der Waals surface area contributed by atoms with Crippen molar-refractivity contribution >= 4 is 5.96 Å². The van der Waals surface area contributed by atoms with E-state index >= 15 is 0 Å². The Bertz CT molecular complexity index is 639. The fraction of sp³-hybridized carbons (Fsp3) is 0.667. The molecule has 7 heteroatoms. The third-order valence-electron chi connectivity index (χ3n) is 5.30. The Kier molecular flexibility index (Phi) is 7.80. The number of aromatic hydroxyl groups is 1. The van der Waals surface area contributed by atoms with Gasteiger partial charge in [-0.2, -0.15) is 0 Å². The smallest absolute Gasteiger partial charge is 0.194 e. The van der Waals surface area contributed by atoms with Gasteiger partial charge in [0.15, 0.2) is 5.96 Å². The number of guanidine groups is 1. The Morgan fingerprint density at radius 2 is 2.14 bits per heavy atom. The highest BCUT2D eigenvalue weighted by Gasteiger charge is 2.24. The van der Waals surface area contributed by atoms with Crippen molar-refractivity contribution < 1.29 is 19.3 Å². The van der Waals surface area contributed by atoms with Gasteiger partial charge in [-0.25, -0.2) is 4.99 Å². The molecule has 0 amide bonds. The second-order valence-corrected chi connectivity index (χ2v) is 7.32. The number of hydrogen-bond donors (Lipinski definition) is 2. The molecule has 2 aliphatic heterocycles. The standard InChI is InChI=1S/C21H33N3O4/c1-3-22-21(23-14-16-13-18(26-2)6-7-20(16)25)24-10-8-17(9-11-24)28-15-19-5-4-12-27-19/h6-7,13,17,19,25H,3-5,8-12,14-15H2,1-2H3,(H,22,23). The molecule has 7 nitrogen and oxygen atoms in total. The van der Waals surface area contributed by atoms with Gasteiger partial charge in [-0.1, -0.05) is 0 Å². The molecule has 0 saturated carbocycles. The number of methoxy groups -OCH3 is 1. The molecule has 2 heterocycles. The minimum Gasteiger partial charge on any atom is -0.508 e. The molecule has 0 aromatic heterocycles. The van der Waals surface area contributed by atoms with Crippen molar-refractivity contribution in [2.75, 3.05) is 40.0 Å². The largest absolute Gasteiger partial charge is 0.508 e. The van der Waals surface area contributed by atoms with Crippen molar-refractivity contribution in [1.82, 2.24) is 10.2 Å². The molecular weight excluding hydrogens is 358 g/mol. The van der Waals surface area contributed by atoms with Gasteiger partial charge in [-0.3, -0.25) is 0 Å². The number of ether oxygens (including phenoxy) is 3. The summed E-state index contributed by atoms with van der Waals surface area (Å²) in [6.45, 7) is 6.68. The zero-order chi connectivity index (χ0) is 19.8. The van der Waals surface area contributed by atoms with Crippen LogP contribution in [0.4, 0.5) is 0 Å². The Hall–Kier alpha value is -1.99. The SMILES string of the molecule is CCNC(=NCc1cc(OC)ccc1O)N1CCC(OCC2CCCO2)CC1. The Morgan fingerprint density at radius 1 is 1.32 bits per heavy atom. The fourth-order valence-electron chi connectivity index (χ4n) is 3.65. The minimum atomic E-state index is 0.238. The molecule has 0 spiro atoms. The normalized spacial score (nSPS) is 21.1. The summed E-state index contributed by atoms with van der Waals surface area (Å²) in [5.74, 6) is 1.83. The molecule has 0 radical (unpaired) electrons. The van der Waals surface area contributed by atoms with Gasteiger partial charge < -0.3 is 29.5 Å². The van der Waals surface area contributed by atoms with Crippen LogP contribution in [0.25, 0.3) is 0 Å². The average molecular weight is 392 g/mol. The lowest BCUT2D eigenvalue weighted by Crippen LogP contribution is -2.47. The molecule has 1 aromatic carbocycles. The summed E-state index contributed by atoms with van der Waals surface area (Å²) in [7, 11) is 1.62. The van der Waals surface area contributed by atoms with Crippen LogP contribution in [0.5, 0.6) is 11.5 Å². The summed E-state index contributed by atoms with van der Waals surface area (Å²) in [6.07, 6.45) is 4.83. The number of nitrogens with zero attached hydrogens (tertiary/aromatic N) is 2. The average Bonchev–Trinajstić information content (AvgIpc) is 3.25. The zero-order valence-electron chi connectivity index (χ0n) is 17.0. The first kappa shape index (κ1) is 20.7. The Morgan fingerprint density at radius 3 is 2.82 bits per heavy atom. The predicted molar refractivity (Wildman–Crippen MR) is 109 cm³/mol. The molecule has 2 aliphatic rings. The Balaban J connectivity index is 1.53. The molecule has 28 heavy (non-hydrogen) atoms. The first-order valence-corrected chi connectivity index (χ1v) is 10.3. The molecule has 3 rings (SSSR count). The summed E-state index contributed by atoms with van der Waals surface area (Å²) in [4.78, 5) is 7.00. The van der Waals surface area contributed by atoms with E-state index in [1.807, 2.05) is 6.07 Å². The van der Waals surface area contributed by atoms with E-state index in [9.17, 15) is 5.11 Å². The minimum absolute atomic E-state index is 0.238. The van der Waals surface area contributed by atoms with Crippen molar-refractivity contribution in [1.29, 1.82) is 0 Å². The summed E-state index contributed by atoms with van der Waals surface area (Å²) in [6, 6.07) is 5.22. The summed E-state index contributed by atoms with van der Waals surface area (Å²) in [5.41, 5.74) is 0.754. The maximum Gasteiger partial charge on any atom is 0.194 e. The first-order valence-electron chi connectivity index (χ1n) is 10.3. The van der Waals surface area contributed by atoms with Crippen LogP contribution in [0.2, 0.25) is 0 Å². The van der Waals surface area contributed by atoms with Gasteiger partial charge in [-0.05, 0) is 50.8 Å². The van der Waals surface area contributed by atoms with Crippen molar-refractivity contribution in [3.05, 3.63) is 23.8 Å². The lowest BCUT2D eigenvalue weighted by atomic mass is 10.1. The summed E-state index contributed by atoms with van der Waals surface area (Å²) < 4.78 is 17.0. The van der Waals surface area contributed by atoms with E-state index in [2.05, 4.69) is 17.1 Å². The first-order chi connectivity index (χ1) is 13.7. The van der Waals surface area contributed by atoms with Crippen LogP contribution in [0, 0.1) is 0 Å². The monoisotopic (exact) mass is 391 g/mol. The maximum atomic E-state index is 10.1.